The van der Waals surface area contributed by atoms with Gasteiger partial charge in [0, 0.05) is 6.54 Å². The summed E-state index contributed by atoms with van der Waals surface area (Å²) in [5.74, 6) is 2.96. The molecule has 2 N–H and O–H groups in total. The average Bonchev–Trinajstić information content (AvgIpc) is 2.40. The number of nitrogens with one attached hydrogen (secondary N) is 2. The van der Waals surface area contributed by atoms with Crippen LogP contribution in [-0.4, -0.2) is 37.0 Å². The van der Waals surface area contributed by atoms with Crippen molar-refractivity contribution in [2.24, 2.45) is 5.92 Å². The molecule has 1 aliphatic heterocycles. The van der Waals surface area contributed by atoms with Gasteiger partial charge in [0.05, 0.1) is 5.75 Å². The van der Waals surface area contributed by atoms with Gasteiger partial charge in [0.15, 0.2) is 0 Å². The van der Waals surface area contributed by atoms with Gasteiger partial charge in [-0.2, -0.15) is 11.8 Å². The van der Waals surface area contributed by atoms with Gasteiger partial charge in [-0.15, -0.1) is 0 Å². The van der Waals surface area contributed by atoms with Crippen molar-refractivity contribution in [2.75, 3.05) is 31.1 Å². The molecule has 1 unspecified atom stereocenters. The van der Waals surface area contributed by atoms with E-state index in [1.165, 1.54) is 5.56 Å². The van der Waals surface area contributed by atoms with Gasteiger partial charge in [-0.05, 0) is 36.2 Å². The van der Waals surface area contributed by atoms with Crippen LogP contribution in [0.3, 0.4) is 0 Å². The molecule has 4 heteroatoms. The topological polar surface area (TPSA) is 41.1 Å². The molecular formula is C15H22N2OS. The molecule has 1 fully saturated rings. The Morgan fingerprint density at radius 1 is 1.42 bits per heavy atom. The van der Waals surface area contributed by atoms with Gasteiger partial charge < -0.3 is 10.6 Å². The molecule has 1 heterocycles. The van der Waals surface area contributed by atoms with Crippen LogP contribution in [0.1, 0.15) is 18.4 Å². The van der Waals surface area contributed by atoms with Crippen LogP contribution in [0.25, 0.3) is 0 Å². The minimum atomic E-state index is 0.153. The van der Waals surface area contributed by atoms with Crippen LogP contribution in [0.2, 0.25) is 0 Å². The van der Waals surface area contributed by atoms with Gasteiger partial charge in [-0.1, -0.05) is 37.3 Å². The second kappa shape index (κ2) is 7.56. The highest BCUT2D eigenvalue weighted by Crippen LogP contribution is 2.14. The molecular weight excluding hydrogens is 256 g/mol. The Bertz CT molecular complexity index is 392. The first-order chi connectivity index (χ1) is 9.25. The quantitative estimate of drug-likeness (QED) is 0.800. The SMILES string of the molecule is CC(CNC(=O)CSCC1CNC1)c1ccccc1. The molecule has 0 spiro atoms. The summed E-state index contributed by atoms with van der Waals surface area (Å²) in [5, 5.41) is 6.26. The first kappa shape index (κ1) is 14.4. The molecule has 1 aromatic carbocycles. The second-order valence-electron chi connectivity index (χ2n) is 5.16. The van der Waals surface area contributed by atoms with Gasteiger partial charge in [0.1, 0.15) is 0 Å². The van der Waals surface area contributed by atoms with Gasteiger partial charge in [0.2, 0.25) is 5.91 Å². The highest BCUT2D eigenvalue weighted by atomic mass is 32.2. The molecule has 1 aromatic rings. The minimum absolute atomic E-state index is 0.153. The van der Waals surface area contributed by atoms with Crippen LogP contribution in [-0.2, 0) is 4.79 Å². The lowest BCUT2D eigenvalue weighted by Crippen LogP contribution is -2.43. The normalized spacial score (nSPS) is 16.7. The monoisotopic (exact) mass is 278 g/mol. The number of rotatable bonds is 7. The van der Waals surface area contributed by atoms with Crippen molar-refractivity contribution < 1.29 is 4.79 Å². The van der Waals surface area contributed by atoms with E-state index < -0.39 is 0 Å². The molecule has 0 saturated carbocycles. The maximum Gasteiger partial charge on any atom is 0.230 e. The number of amides is 1. The van der Waals surface area contributed by atoms with Gasteiger partial charge in [0.25, 0.3) is 0 Å². The molecule has 2 rings (SSSR count). The van der Waals surface area contributed by atoms with Crippen LogP contribution < -0.4 is 10.6 Å². The van der Waals surface area contributed by atoms with Crippen molar-refractivity contribution in [3.63, 3.8) is 0 Å². The summed E-state index contributed by atoms with van der Waals surface area (Å²) in [7, 11) is 0. The van der Waals surface area contributed by atoms with Gasteiger partial charge >= 0.3 is 0 Å². The molecule has 1 atom stereocenters. The Morgan fingerprint density at radius 2 is 2.16 bits per heavy atom. The lowest BCUT2D eigenvalue weighted by Gasteiger charge is -2.26. The molecule has 1 aliphatic rings. The molecule has 1 amide bonds. The predicted octanol–water partition coefficient (Wildman–Crippen LogP) is 1.86. The van der Waals surface area contributed by atoms with Crippen molar-refractivity contribution in [1.29, 1.82) is 0 Å². The van der Waals surface area contributed by atoms with E-state index in [0.29, 0.717) is 18.2 Å². The Balaban J connectivity index is 1.60. The summed E-state index contributed by atoms with van der Waals surface area (Å²) >= 11 is 1.74. The average molecular weight is 278 g/mol. The number of hydrogen-bond acceptors (Lipinski definition) is 3. The maximum absolute atomic E-state index is 11.7. The fourth-order valence-electron chi connectivity index (χ4n) is 2.00. The number of carbonyl (C=O) groups is 1. The molecule has 0 aromatic heterocycles. The Kier molecular flexibility index (Phi) is 5.73. The first-order valence-electron chi connectivity index (χ1n) is 6.86. The highest BCUT2D eigenvalue weighted by Gasteiger charge is 2.16. The molecule has 0 aliphatic carbocycles. The van der Waals surface area contributed by atoms with Crippen LogP contribution in [0.5, 0.6) is 0 Å². The summed E-state index contributed by atoms with van der Waals surface area (Å²) in [5.41, 5.74) is 1.27. The van der Waals surface area contributed by atoms with Gasteiger partial charge in [-0.3, -0.25) is 4.79 Å². The van der Waals surface area contributed by atoms with Crippen LogP contribution in [0, 0.1) is 5.92 Å². The maximum atomic E-state index is 11.7. The Labute approximate surface area is 119 Å². The standard InChI is InChI=1S/C15H22N2OS/c1-12(14-5-3-2-4-6-14)7-17-15(18)11-19-10-13-8-16-9-13/h2-6,12-13,16H,7-11H2,1H3,(H,17,18). The van der Waals surface area contributed by atoms with Crippen LogP contribution >= 0.6 is 11.8 Å². The third-order valence-corrected chi connectivity index (χ3v) is 4.60. The van der Waals surface area contributed by atoms with Crippen LogP contribution in [0.15, 0.2) is 30.3 Å². The first-order valence-corrected chi connectivity index (χ1v) is 8.01. The van der Waals surface area contributed by atoms with Gasteiger partial charge in [-0.25, -0.2) is 0 Å². The van der Waals surface area contributed by atoms with Crippen molar-refractivity contribution in [3.05, 3.63) is 35.9 Å². The van der Waals surface area contributed by atoms with E-state index in [1.54, 1.807) is 11.8 Å². The third kappa shape index (κ3) is 4.88. The number of thioether (sulfide) groups is 1. The number of carbonyl (C=O) groups excluding carboxylic acids is 1. The van der Waals surface area contributed by atoms with Crippen molar-refractivity contribution >= 4 is 17.7 Å². The molecule has 3 nitrogen and oxygen atoms in total. The van der Waals surface area contributed by atoms with Crippen molar-refractivity contribution in [2.45, 2.75) is 12.8 Å². The highest BCUT2D eigenvalue weighted by molar-refractivity contribution is 7.99. The molecule has 19 heavy (non-hydrogen) atoms. The molecule has 0 bridgehead atoms. The fraction of sp³-hybridized carbons (Fsp3) is 0.533. The second-order valence-corrected chi connectivity index (χ2v) is 6.19. The largest absolute Gasteiger partial charge is 0.355 e. The molecule has 0 radical (unpaired) electrons. The van der Waals surface area contributed by atoms with E-state index in [9.17, 15) is 4.79 Å². The zero-order chi connectivity index (χ0) is 13.5. The summed E-state index contributed by atoms with van der Waals surface area (Å²) in [6, 6.07) is 10.3. The fourth-order valence-corrected chi connectivity index (χ4v) is 2.98. The van der Waals surface area contributed by atoms with E-state index in [2.05, 4.69) is 29.7 Å². The predicted molar refractivity (Wildman–Crippen MR) is 81.6 cm³/mol. The van der Waals surface area contributed by atoms with E-state index in [0.717, 1.165) is 24.8 Å². The number of hydrogen-bond donors (Lipinski definition) is 2. The number of benzene rings is 1. The summed E-state index contributed by atoms with van der Waals surface area (Å²) in [4.78, 5) is 11.7. The summed E-state index contributed by atoms with van der Waals surface area (Å²) in [6.07, 6.45) is 0. The van der Waals surface area contributed by atoms with Crippen molar-refractivity contribution in [3.8, 4) is 0 Å². The van der Waals surface area contributed by atoms with E-state index in [-0.39, 0.29) is 5.91 Å². The zero-order valence-corrected chi connectivity index (χ0v) is 12.2. The lowest BCUT2D eigenvalue weighted by atomic mass is 10.0. The smallest absolute Gasteiger partial charge is 0.230 e. The lowest BCUT2D eigenvalue weighted by molar-refractivity contribution is -0.118. The zero-order valence-electron chi connectivity index (χ0n) is 11.4. The Morgan fingerprint density at radius 3 is 2.79 bits per heavy atom. The van der Waals surface area contributed by atoms with E-state index in [4.69, 9.17) is 0 Å². The van der Waals surface area contributed by atoms with Crippen LogP contribution in [0.4, 0.5) is 0 Å². The molecule has 104 valence electrons. The van der Waals surface area contributed by atoms with E-state index >= 15 is 0 Å². The van der Waals surface area contributed by atoms with Crippen molar-refractivity contribution in [1.82, 2.24) is 10.6 Å². The summed E-state index contributed by atoms with van der Waals surface area (Å²) < 4.78 is 0. The third-order valence-electron chi connectivity index (χ3n) is 3.43. The summed E-state index contributed by atoms with van der Waals surface area (Å²) in [6.45, 7) is 5.08. The molecule has 1 saturated heterocycles. The minimum Gasteiger partial charge on any atom is -0.355 e. The van der Waals surface area contributed by atoms with E-state index in [1.807, 2.05) is 18.2 Å². The Hall–Kier alpha value is -1.00.